The fourth-order valence-electron chi connectivity index (χ4n) is 3.12. The van der Waals surface area contributed by atoms with Crippen molar-refractivity contribution in [3.63, 3.8) is 0 Å². The van der Waals surface area contributed by atoms with Gasteiger partial charge in [-0.1, -0.05) is 38.3 Å². The molecule has 8 heteroatoms. The number of hydrogen-bond donors (Lipinski definition) is 2. The number of carbonyl (C=O) groups is 1. The molecule has 29 heavy (non-hydrogen) atoms. The zero-order chi connectivity index (χ0) is 21.0. The van der Waals surface area contributed by atoms with E-state index in [1.54, 1.807) is 31.5 Å². The number of carbonyl (C=O) groups excluding carboxylic acids is 1. The molecule has 0 aliphatic carbocycles. The van der Waals surface area contributed by atoms with E-state index in [0.29, 0.717) is 33.7 Å². The normalized spacial score (nSPS) is 15.7. The van der Waals surface area contributed by atoms with E-state index in [-0.39, 0.29) is 12.2 Å². The van der Waals surface area contributed by atoms with Crippen LogP contribution in [-0.2, 0) is 9.53 Å². The number of rotatable bonds is 7. The van der Waals surface area contributed by atoms with Gasteiger partial charge in [-0.15, -0.1) is 0 Å². The van der Waals surface area contributed by atoms with E-state index in [4.69, 9.17) is 4.74 Å². The molecule has 0 amide bonds. The molecule has 0 fully saturated rings. The number of thioether (sulfide) groups is 1. The number of allylic oxidation sites excluding steroid dienone is 1. The molecule has 2 aromatic rings. The molecule has 0 spiro atoms. The minimum atomic E-state index is -0.605. The van der Waals surface area contributed by atoms with E-state index in [9.17, 15) is 9.59 Å². The maximum atomic E-state index is 13.0. The van der Waals surface area contributed by atoms with E-state index < -0.39 is 11.9 Å². The number of H-pyrrole nitrogens is 1. The number of ether oxygens (including phenoxy) is 1. The first-order valence-corrected chi connectivity index (χ1v) is 10.3. The van der Waals surface area contributed by atoms with Gasteiger partial charge < -0.3 is 15.0 Å². The van der Waals surface area contributed by atoms with Crippen molar-refractivity contribution in [2.75, 3.05) is 17.7 Å². The molecule has 0 bridgehead atoms. The number of esters is 1. The molecule has 0 radical (unpaired) electrons. The third-order valence-electron chi connectivity index (χ3n) is 4.37. The topological polar surface area (TPSA) is 97.0 Å². The molecule has 0 aromatic carbocycles. The number of pyridine rings is 1. The summed E-state index contributed by atoms with van der Waals surface area (Å²) in [6, 6.07) is 3.57. The molecule has 0 saturated carbocycles. The number of fused-ring (bicyclic) bond motifs is 1. The quantitative estimate of drug-likeness (QED) is 0.311. The number of nitrogens with zero attached hydrogens (tertiary/aromatic N) is 2. The van der Waals surface area contributed by atoms with Gasteiger partial charge in [0.25, 0.3) is 5.56 Å². The second-order valence-corrected chi connectivity index (χ2v) is 8.11. The van der Waals surface area contributed by atoms with Crippen molar-refractivity contribution >= 4 is 23.5 Å². The Labute approximate surface area is 173 Å². The average Bonchev–Trinajstić information content (AvgIpc) is 2.70. The molecule has 1 atom stereocenters. The van der Waals surface area contributed by atoms with Gasteiger partial charge in [-0.05, 0) is 30.5 Å². The number of aromatic nitrogens is 3. The van der Waals surface area contributed by atoms with Crippen LogP contribution in [0.2, 0.25) is 0 Å². The molecule has 0 unspecified atom stereocenters. The Morgan fingerprint density at radius 2 is 2.10 bits per heavy atom. The van der Waals surface area contributed by atoms with Crippen molar-refractivity contribution in [1.29, 1.82) is 0 Å². The molecule has 2 aromatic heterocycles. The SMILES string of the molecule is C=CCOC(=O)C1=C(C)Nc2nc(SCC(C)C)[nH]c(=O)c2[C@H]1c1ccncc1. The van der Waals surface area contributed by atoms with Gasteiger partial charge in [0, 0.05) is 23.8 Å². The standard InChI is InChI=1S/C21H24N4O3S/c1-5-10-28-20(27)15-13(4)23-18-17(16(15)14-6-8-22-9-7-14)19(26)25-21(24-18)29-11-12(2)3/h5-9,12,16H,1,10-11H2,2-4H3,(H2,23,24,25,26)/t16-/m0/s1. The maximum absolute atomic E-state index is 13.0. The van der Waals surface area contributed by atoms with Crippen LogP contribution in [0, 0.1) is 5.92 Å². The zero-order valence-electron chi connectivity index (χ0n) is 16.7. The van der Waals surface area contributed by atoms with Crippen LogP contribution in [0.5, 0.6) is 0 Å². The van der Waals surface area contributed by atoms with Gasteiger partial charge in [0.2, 0.25) is 0 Å². The van der Waals surface area contributed by atoms with Crippen LogP contribution in [0.15, 0.2) is 58.4 Å². The van der Waals surface area contributed by atoms with Crippen molar-refractivity contribution in [3.05, 3.63) is 69.9 Å². The summed E-state index contributed by atoms with van der Waals surface area (Å²) < 4.78 is 5.29. The Morgan fingerprint density at radius 3 is 2.76 bits per heavy atom. The highest BCUT2D eigenvalue weighted by molar-refractivity contribution is 7.99. The molecule has 0 saturated heterocycles. The van der Waals surface area contributed by atoms with Crippen molar-refractivity contribution in [2.45, 2.75) is 31.8 Å². The molecule has 2 N–H and O–H groups in total. The number of hydrogen-bond acceptors (Lipinski definition) is 7. The molecule has 7 nitrogen and oxygen atoms in total. The summed E-state index contributed by atoms with van der Waals surface area (Å²) in [4.78, 5) is 37.4. The van der Waals surface area contributed by atoms with Crippen LogP contribution < -0.4 is 10.9 Å². The molecule has 3 heterocycles. The Balaban J connectivity index is 2.12. The number of nitrogens with one attached hydrogen (secondary N) is 2. The second-order valence-electron chi connectivity index (χ2n) is 7.10. The van der Waals surface area contributed by atoms with Crippen LogP contribution >= 0.6 is 11.8 Å². The highest BCUT2D eigenvalue weighted by atomic mass is 32.2. The number of aromatic amines is 1. The van der Waals surface area contributed by atoms with Gasteiger partial charge >= 0.3 is 5.97 Å². The lowest BCUT2D eigenvalue weighted by Gasteiger charge is -2.28. The predicted molar refractivity (Wildman–Crippen MR) is 114 cm³/mol. The van der Waals surface area contributed by atoms with E-state index in [1.807, 2.05) is 0 Å². The van der Waals surface area contributed by atoms with E-state index >= 15 is 0 Å². The van der Waals surface area contributed by atoms with Crippen LogP contribution in [0.3, 0.4) is 0 Å². The van der Waals surface area contributed by atoms with Crippen LogP contribution in [0.1, 0.15) is 37.8 Å². The largest absolute Gasteiger partial charge is 0.458 e. The fraction of sp³-hybridized carbons (Fsp3) is 0.333. The fourth-order valence-corrected chi connectivity index (χ4v) is 3.93. The summed E-state index contributed by atoms with van der Waals surface area (Å²) in [5, 5.41) is 3.68. The molecule has 3 rings (SSSR count). The summed E-state index contributed by atoms with van der Waals surface area (Å²) in [7, 11) is 0. The predicted octanol–water partition coefficient (Wildman–Crippen LogP) is 3.47. The zero-order valence-corrected chi connectivity index (χ0v) is 17.5. The third-order valence-corrected chi connectivity index (χ3v) is 5.67. The molecule has 1 aliphatic heterocycles. The van der Waals surface area contributed by atoms with Crippen molar-refractivity contribution in [3.8, 4) is 0 Å². The highest BCUT2D eigenvalue weighted by Crippen LogP contribution is 2.39. The van der Waals surface area contributed by atoms with Gasteiger partial charge in [0.15, 0.2) is 5.16 Å². The van der Waals surface area contributed by atoms with E-state index in [1.165, 1.54) is 17.8 Å². The van der Waals surface area contributed by atoms with Crippen molar-refractivity contribution < 1.29 is 9.53 Å². The van der Waals surface area contributed by atoms with Crippen LogP contribution in [0.4, 0.5) is 5.82 Å². The summed E-state index contributed by atoms with van der Waals surface area (Å²) in [6.07, 6.45) is 4.77. The smallest absolute Gasteiger partial charge is 0.337 e. The van der Waals surface area contributed by atoms with Gasteiger partial charge in [0.05, 0.1) is 17.1 Å². The van der Waals surface area contributed by atoms with Gasteiger partial charge in [-0.2, -0.15) is 0 Å². The first-order chi connectivity index (χ1) is 13.9. The van der Waals surface area contributed by atoms with Crippen molar-refractivity contribution in [2.24, 2.45) is 5.92 Å². The lowest BCUT2D eigenvalue weighted by atomic mass is 9.83. The van der Waals surface area contributed by atoms with Gasteiger partial charge in [-0.25, -0.2) is 9.78 Å². The minimum absolute atomic E-state index is 0.0882. The number of anilines is 1. The highest BCUT2D eigenvalue weighted by Gasteiger charge is 2.36. The third kappa shape index (κ3) is 4.59. The van der Waals surface area contributed by atoms with Crippen LogP contribution in [0.25, 0.3) is 0 Å². The second kappa shape index (κ2) is 9.09. The lowest BCUT2D eigenvalue weighted by Crippen LogP contribution is -2.31. The van der Waals surface area contributed by atoms with Crippen LogP contribution in [-0.4, -0.2) is 33.3 Å². The van der Waals surface area contributed by atoms with E-state index in [2.05, 4.69) is 40.7 Å². The summed E-state index contributed by atoms with van der Waals surface area (Å²) in [5.41, 5.74) is 1.85. The molecular weight excluding hydrogens is 388 g/mol. The maximum Gasteiger partial charge on any atom is 0.337 e. The van der Waals surface area contributed by atoms with Crippen molar-refractivity contribution in [1.82, 2.24) is 15.0 Å². The molecule has 1 aliphatic rings. The Kier molecular flexibility index (Phi) is 6.53. The van der Waals surface area contributed by atoms with Gasteiger partial charge in [0.1, 0.15) is 12.4 Å². The summed E-state index contributed by atoms with van der Waals surface area (Å²) in [5.74, 6) is 0.655. The lowest BCUT2D eigenvalue weighted by molar-refractivity contribution is -0.138. The monoisotopic (exact) mass is 412 g/mol. The molecular formula is C21H24N4O3S. The first kappa shape index (κ1) is 20.9. The molecule has 152 valence electrons. The Bertz CT molecular complexity index is 999. The summed E-state index contributed by atoms with van der Waals surface area (Å²) >= 11 is 1.50. The first-order valence-electron chi connectivity index (χ1n) is 9.35. The Hall–Kier alpha value is -2.87. The van der Waals surface area contributed by atoms with Gasteiger partial charge in [-0.3, -0.25) is 9.78 Å². The average molecular weight is 413 g/mol. The van der Waals surface area contributed by atoms with E-state index in [0.717, 1.165) is 11.3 Å². The summed E-state index contributed by atoms with van der Waals surface area (Å²) in [6.45, 7) is 9.66. The minimum Gasteiger partial charge on any atom is -0.458 e. The Morgan fingerprint density at radius 1 is 1.38 bits per heavy atom.